The molecule has 0 saturated carbocycles. The lowest BCUT2D eigenvalue weighted by Crippen LogP contribution is -2.24. The van der Waals surface area contributed by atoms with Crippen molar-refractivity contribution < 1.29 is 22.5 Å². The van der Waals surface area contributed by atoms with E-state index in [2.05, 4.69) is 15.3 Å². The third kappa shape index (κ3) is 3.40. The first-order chi connectivity index (χ1) is 12.3. The molecule has 10 heteroatoms. The number of carboxylic acid groups (broad SMARTS) is 1. The second-order valence-corrected chi connectivity index (χ2v) is 6.94. The molecule has 0 saturated heterocycles. The number of aromatic nitrogens is 2. The molecule has 0 radical (unpaired) electrons. The molecule has 3 rings (SSSR count). The monoisotopic (exact) mass is 376 g/mol. The second-order valence-electron chi connectivity index (χ2n) is 5.39. The summed E-state index contributed by atoms with van der Waals surface area (Å²) in [7, 11) is -0.925. The van der Waals surface area contributed by atoms with Crippen molar-refractivity contribution in [2.45, 2.75) is 4.90 Å². The van der Waals surface area contributed by atoms with Gasteiger partial charge in [-0.05, 0) is 36.4 Å². The van der Waals surface area contributed by atoms with Crippen LogP contribution < -0.4 is 14.4 Å². The zero-order valence-corrected chi connectivity index (χ0v) is 14.7. The first-order valence-corrected chi connectivity index (χ1v) is 8.90. The Morgan fingerprint density at radius 2 is 1.92 bits per heavy atom. The SMILES string of the molecule is CNc1ccc(S(=O)(=O)Oc2ccc3[nH]c(N(C)C(=O)O)nc3c2)cc1. The van der Waals surface area contributed by atoms with Gasteiger partial charge in [-0.1, -0.05) is 0 Å². The molecule has 136 valence electrons. The Morgan fingerprint density at radius 3 is 2.54 bits per heavy atom. The van der Waals surface area contributed by atoms with E-state index in [1.54, 1.807) is 25.2 Å². The molecule has 26 heavy (non-hydrogen) atoms. The summed E-state index contributed by atoms with van der Waals surface area (Å²) in [5, 5.41) is 11.9. The van der Waals surface area contributed by atoms with Gasteiger partial charge in [0, 0.05) is 25.8 Å². The highest BCUT2D eigenvalue weighted by Crippen LogP contribution is 2.25. The van der Waals surface area contributed by atoms with Gasteiger partial charge in [0.1, 0.15) is 10.6 Å². The maximum absolute atomic E-state index is 12.4. The molecule has 3 N–H and O–H groups in total. The number of benzene rings is 2. The Bertz CT molecular complexity index is 1060. The summed E-state index contributed by atoms with van der Waals surface area (Å²) in [6.45, 7) is 0. The zero-order chi connectivity index (χ0) is 18.9. The molecular formula is C16H16N4O5S. The van der Waals surface area contributed by atoms with Crippen LogP contribution in [-0.4, -0.2) is 43.7 Å². The van der Waals surface area contributed by atoms with Crippen molar-refractivity contribution in [3.05, 3.63) is 42.5 Å². The lowest BCUT2D eigenvalue weighted by Gasteiger charge is -2.07. The summed E-state index contributed by atoms with van der Waals surface area (Å²) in [6, 6.07) is 10.6. The van der Waals surface area contributed by atoms with Crippen molar-refractivity contribution >= 4 is 38.9 Å². The van der Waals surface area contributed by atoms with Crippen LogP contribution >= 0.6 is 0 Å². The number of aromatic amines is 1. The van der Waals surface area contributed by atoms with E-state index in [0.29, 0.717) is 11.0 Å². The number of amides is 1. The predicted octanol–water partition coefficient (Wildman–Crippen LogP) is 2.49. The van der Waals surface area contributed by atoms with Crippen LogP contribution in [0.4, 0.5) is 16.4 Å². The average Bonchev–Trinajstić information content (AvgIpc) is 3.03. The third-order valence-electron chi connectivity index (χ3n) is 3.68. The van der Waals surface area contributed by atoms with Gasteiger partial charge >= 0.3 is 16.2 Å². The Kier molecular flexibility index (Phi) is 4.43. The molecule has 1 amide bonds. The second kappa shape index (κ2) is 6.56. The van der Waals surface area contributed by atoms with Crippen LogP contribution in [0.2, 0.25) is 0 Å². The fraction of sp³-hybridized carbons (Fsp3) is 0.125. The number of nitrogens with zero attached hydrogens (tertiary/aromatic N) is 2. The molecule has 9 nitrogen and oxygen atoms in total. The van der Waals surface area contributed by atoms with Gasteiger partial charge in [0.15, 0.2) is 0 Å². The lowest BCUT2D eigenvalue weighted by atomic mass is 10.3. The smallest absolute Gasteiger partial charge is 0.413 e. The van der Waals surface area contributed by atoms with Crippen LogP contribution in [0.25, 0.3) is 11.0 Å². The zero-order valence-electron chi connectivity index (χ0n) is 13.9. The summed E-state index contributed by atoms with van der Waals surface area (Å²) in [5.41, 5.74) is 1.71. The van der Waals surface area contributed by atoms with Crippen LogP contribution in [0.3, 0.4) is 0 Å². The quantitative estimate of drug-likeness (QED) is 0.584. The minimum absolute atomic E-state index is 0.0184. The Morgan fingerprint density at radius 1 is 1.23 bits per heavy atom. The molecule has 0 bridgehead atoms. The van der Waals surface area contributed by atoms with Crippen molar-refractivity contribution in [1.82, 2.24) is 9.97 Å². The first kappa shape index (κ1) is 17.5. The number of nitrogens with one attached hydrogen (secondary N) is 2. The Hall–Kier alpha value is -3.27. The third-order valence-corrected chi connectivity index (χ3v) is 4.95. The summed E-state index contributed by atoms with van der Waals surface area (Å²) < 4.78 is 29.9. The van der Waals surface area contributed by atoms with E-state index in [1.807, 2.05) is 0 Å². The molecular weight excluding hydrogens is 360 g/mol. The summed E-state index contributed by atoms with van der Waals surface area (Å²) in [6.07, 6.45) is -1.17. The molecule has 1 heterocycles. The van der Waals surface area contributed by atoms with Gasteiger partial charge in [0.25, 0.3) is 0 Å². The summed E-state index contributed by atoms with van der Waals surface area (Å²) in [5.74, 6) is 0.196. The van der Waals surface area contributed by atoms with Crippen molar-refractivity contribution in [2.75, 3.05) is 24.3 Å². The minimum atomic E-state index is -4.00. The van der Waals surface area contributed by atoms with Gasteiger partial charge in [-0.15, -0.1) is 0 Å². The number of rotatable bonds is 5. The summed E-state index contributed by atoms with van der Waals surface area (Å²) in [4.78, 5) is 18.9. The topological polar surface area (TPSA) is 125 Å². The number of H-pyrrole nitrogens is 1. The van der Waals surface area contributed by atoms with Crippen LogP contribution in [0.1, 0.15) is 0 Å². The first-order valence-electron chi connectivity index (χ1n) is 7.49. The van der Waals surface area contributed by atoms with Crippen LogP contribution in [0, 0.1) is 0 Å². The number of fused-ring (bicyclic) bond motifs is 1. The van der Waals surface area contributed by atoms with E-state index in [4.69, 9.17) is 9.29 Å². The number of hydrogen-bond acceptors (Lipinski definition) is 6. The van der Waals surface area contributed by atoms with Crippen molar-refractivity contribution in [3.8, 4) is 5.75 Å². The number of anilines is 2. The molecule has 0 fully saturated rings. The normalized spacial score (nSPS) is 11.3. The maximum Gasteiger partial charge on any atom is 0.413 e. The Labute approximate surface area is 149 Å². The van der Waals surface area contributed by atoms with E-state index >= 15 is 0 Å². The molecule has 0 spiro atoms. The molecule has 0 aliphatic rings. The number of imidazole rings is 1. The molecule has 0 atom stereocenters. The van der Waals surface area contributed by atoms with E-state index in [0.717, 1.165) is 10.6 Å². The van der Waals surface area contributed by atoms with Gasteiger partial charge in [0.2, 0.25) is 5.95 Å². The van der Waals surface area contributed by atoms with Gasteiger partial charge in [-0.25, -0.2) is 9.78 Å². The van der Waals surface area contributed by atoms with E-state index < -0.39 is 16.2 Å². The van der Waals surface area contributed by atoms with E-state index in [-0.39, 0.29) is 16.6 Å². The largest absolute Gasteiger partial charge is 0.465 e. The predicted molar refractivity (Wildman–Crippen MR) is 96.3 cm³/mol. The minimum Gasteiger partial charge on any atom is -0.465 e. The van der Waals surface area contributed by atoms with Crippen LogP contribution in [0.15, 0.2) is 47.4 Å². The fourth-order valence-electron chi connectivity index (χ4n) is 2.24. The highest BCUT2D eigenvalue weighted by molar-refractivity contribution is 7.87. The summed E-state index contributed by atoms with van der Waals surface area (Å²) >= 11 is 0. The highest BCUT2D eigenvalue weighted by atomic mass is 32.2. The molecule has 2 aromatic carbocycles. The lowest BCUT2D eigenvalue weighted by molar-refractivity contribution is 0.203. The fourth-order valence-corrected chi connectivity index (χ4v) is 3.16. The standard InChI is InChI=1S/C16H16N4O5S/c1-17-10-3-6-12(7-4-10)26(23,24)25-11-5-8-13-14(9-11)19-15(18-13)20(2)16(21)22/h3-9,17H,1-2H3,(H,18,19)(H,21,22). The number of carbonyl (C=O) groups is 1. The maximum atomic E-state index is 12.4. The molecule has 1 aromatic heterocycles. The molecule has 0 aliphatic carbocycles. The van der Waals surface area contributed by atoms with Crippen molar-refractivity contribution in [3.63, 3.8) is 0 Å². The number of hydrogen-bond donors (Lipinski definition) is 3. The van der Waals surface area contributed by atoms with Gasteiger partial charge < -0.3 is 19.6 Å². The van der Waals surface area contributed by atoms with E-state index in [1.165, 1.54) is 31.3 Å². The molecule has 0 unspecified atom stereocenters. The van der Waals surface area contributed by atoms with Gasteiger partial charge in [-0.3, -0.25) is 4.90 Å². The average molecular weight is 376 g/mol. The van der Waals surface area contributed by atoms with Gasteiger partial charge in [0.05, 0.1) is 11.0 Å². The van der Waals surface area contributed by atoms with Crippen LogP contribution in [0.5, 0.6) is 5.75 Å². The van der Waals surface area contributed by atoms with Crippen molar-refractivity contribution in [1.29, 1.82) is 0 Å². The van der Waals surface area contributed by atoms with Gasteiger partial charge in [-0.2, -0.15) is 8.42 Å². The van der Waals surface area contributed by atoms with Crippen LogP contribution in [-0.2, 0) is 10.1 Å². The Balaban J connectivity index is 1.88. The van der Waals surface area contributed by atoms with Crippen molar-refractivity contribution in [2.24, 2.45) is 0 Å². The molecule has 0 aliphatic heterocycles. The highest BCUT2D eigenvalue weighted by Gasteiger charge is 2.18. The molecule has 3 aromatic rings. The van der Waals surface area contributed by atoms with E-state index in [9.17, 15) is 13.2 Å².